The quantitative estimate of drug-likeness (QED) is 0.748. The molecular formula is C9H10O4S. The molecule has 2 N–H and O–H groups in total. The molecule has 0 aromatic heterocycles. The summed E-state index contributed by atoms with van der Waals surface area (Å²) in [6.07, 6.45) is 0.583. The fourth-order valence-electron chi connectivity index (χ4n) is 1.17. The lowest BCUT2D eigenvalue weighted by Crippen LogP contribution is -2.03. The topological polar surface area (TPSA) is 74.6 Å². The maximum Gasteiger partial charge on any atom is 0.336 e. The minimum absolute atomic E-state index is 0.0902. The molecule has 0 saturated carbocycles. The normalized spacial score (nSPS) is 12.4. The molecule has 4 nitrogen and oxygen atoms in total. The van der Waals surface area contributed by atoms with Crippen molar-refractivity contribution in [2.75, 3.05) is 0 Å². The third kappa shape index (κ3) is 2.18. The fraction of sp³-hybridized carbons (Fsp3) is 0.222. The summed E-state index contributed by atoms with van der Waals surface area (Å²) in [5.41, 5.74) is 0.749. The van der Waals surface area contributed by atoms with E-state index < -0.39 is 17.0 Å². The van der Waals surface area contributed by atoms with Gasteiger partial charge in [0.15, 0.2) is 11.1 Å². The molecule has 0 aliphatic heterocycles. The van der Waals surface area contributed by atoms with E-state index in [1.54, 1.807) is 6.07 Å². The highest BCUT2D eigenvalue weighted by Crippen LogP contribution is 2.14. The summed E-state index contributed by atoms with van der Waals surface area (Å²) in [5, 5.41) is 8.82. The molecule has 1 atom stereocenters. The van der Waals surface area contributed by atoms with Crippen LogP contribution in [0, 0.1) is 0 Å². The second-order valence-electron chi connectivity index (χ2n) is 2.73. The molecule has 0 amide bonds. The number of benzene rings is 1. The zero-order valence-corrected chi connectivity index (χ0v) is 8.37. The molecule has 1 rings (SSSR count). The molecule has 14 heavy (non-hydrogen) atoms. The number of rotatable bonds is 3. The van der Waals surface area contributed by atoms with Gasteiger partial charge >= 0.3 is 5.97 Å². The van der Waals surface area contributed by atoms with Crippen molar-refractivity contribution in [3.8, 4) is 0 Å². The number of carbonyl (C=O) groups is 1. The Kier molecular flexibility index (Phi) is 3.38. The van der Waals surface area contributed by atoms with Crippen LogP contribution in [0.5, 0.6) is 0 Å². The Balaban J connectivity index is 3.27. The number of aromatic carboxylic acids is 1. The Morgan fingerprint density at radius 3 is 2.57 bits per heavy atom. The number of hydrogen-bond donors (Lipinski definition) is 2. The summed E-state index contributed by atoms with van der Waals surface area (Å²) in [6, 6.07) is 4.26. The van der Waals surface area contributed by atoms with E-state index in [1.165, 1.54) is 12.1 Å². The monoisotopic (exact) mass is 214 g/mol. The lowest BCUT2D eigenvalue weighted by Gasteiger charge is -2.04. The van der Waals surface area contributed by atoms with E-state index in [0.717, 1.165) is 0 Å². The van der Waals surface area contributed by atoms with E-state index >= 15 is 0 Å². The van der Waals surface area contributed by atoms with Gasteiger partial charge in [-0.25, -0.2) is 9.00 Å². The van der Waals surface area contributed by atoms with Gasteiger partial charge in [-0.3, -0.25) is 0 Å². The third-order valence-electron chi connectivity index (χ3n) is 1.89. The molecule has 76 valence electrons. The summed E-state index contributed by atoms with van der Waals surface area (Å²) < 4.78 is 19.5. The molecule has 0 fully saturated rings. The Labute approximate surface area is 83.9 Å². The highest BCUT2D eigenvalue weighted by atomic mass is 32.2. The Bertz CT molecular complexity index is 386. The zero-order chi connectivity index (χ0) is 10.7. The molecule has 1 aromatic rings. The summed E-state index contributed by atoms with van der Waals surface area (Å²) in [6.45, 7) is 1.83. The van der Waals surface area contributed by atoms with Crippen LogP contribution >= 0.6 is 0 Å². The van der Waals surface area contributed by atoms with Crippen LogP contribution < -0.4 is 0 Å². The van der Waals surface area contributed by atoms with E-state index in [9.17, 15) is 9.00 Å². The first-order valence-electron chi connectivity index (χ1n) is 4.03. The lowest BCUT2D eigenvalue weighted by molar-refractivity contribution is 0.0695. The summed E-state index contributed by atoms with van der Waals surface area (Å²) in [4.78, 5) is 10.9. The van der Waals surface area contributed by atoms with Gasteiger partial charge in [-0.15, -0.1) is 0 Å². The van der Waals surface area contributed by atoms with Crippen molar-refractivity contribution in [3.63, 3.8) is 0 Å². The molecule has 0 saturated heterocycles. The van der Waals surface area contributed by atoms with Crippen LogP contribution in [0.2, 0.25) is 0 Å². The van der Waals surface area contributed by atoms with Crippen molar-refractivity contribution in [2.24, 2.45) is 0 Å². The van der Waals surface area contributed by atoms with E-state index in [4.69, 9.17) is 9.66 Å². The molecule has 0 bridgehead atoms. The Morgan fingerprint density at radius 2 is 2.14 bits per heavy atom. The molecule has 0 spiro atoms. The predicted octanol–water partition coefficient (Wildman–Crippen LogP) is 1.53. The first-order chi connectivity index (χ1) is 6.56. The average molecular weight is 214 g/mol. The average Bonchev–Trinajstić information content (AvgIpc) is 2.16. The molecule has 1 aromatic carbocycles. The first kappa shape index (κ1) is 10.9. The maximum atomic E-state index is 10.8. The lowest BCUT2D eigenvalue weighted by atomic mass is 10.1. The van der Waals surface area contributed by atoms with Crippen molar-refractivity contribution in [2.45, 2.75) is 18.2 Å². The van der Waals surface area contributed by atoms with Crippen LogP contribution in [0.15, 0.2) is 23.1 Å². The highest BCUT2D eigenvalue weighted by Gasteiger charge is 2.11. The summed E-state index contributed by atoms with van der Waals surface area (Å²) in [5.74, 6) is -1.07. The predicted molar refractivity (Wildman–Crippen MR) is 51.8 cm³/mol. The number of hydrogen-bond acceptors (Lipinski definition) is 2. The molecule has 0 heterocycles. The van der Waals surface area contributed by atoms with Crippen LogP contribution in [0.25, 0.3) is 0 Å². The summed E-state index contributed by atoms with van der Waals surface area (Å²) >= 11 is -2.13. The Morgan fingerprint density at radius 1 is 1.50 bits per heavy atom. The smallest absolute Gasteiger partial charge is 0.336 e. The fourth-order valence-corrected chi connectivity index (χ4v) is 1.57. The van der Waals surface area contributed by atoms with Crippen LogP contribution in [0.3, 0.4) is 0 Å². The molecule has 0 aliphatic carbocycles. The van der Waals surface area contributed by atoms with Gasteiger partial charge in [0.25, 0.3) is 0 Å². The minimum atomic E-state index is -2.13. The van der Waals surface area contributed by atoms with Gasteiger partial charge in [0.2, 0.25) is 0 Å². The zero-order valence-electron chi connectivity index (χ0n) is 7.56. The second kappa shape index (κ2) is 4.34. The van der Waals surface area contributed by atoms with Crippen molar-refractivity contribution in [1.29, 1.82) is 0 Å². The van der Waals surface area contributed by atoms with Gasteiger partial charge in [-0.05, 0) is 24.1 Å². The van der Waals surface area contributed by atoms with Crippen LogP contribution in [-0.2, 0) is 17.5 Å². The van der Waals surface area contributed by atoms with Crippen LogP contribution in [0.4, 0.5) is 0 Å². The van der Waals surface area contributed by atoms with Gasteiger partial charge < -0.3 is 9.66 Å². The molecule has 0 aliphatic rings. The molecule has 5 heteroatoms. The summed E-state index contributed by atoms with van der Waals surface area (Å²) in [7, 11) is 0. The maximum absolute atomic E-state index is 10.8. The van der Waals surface area contributed by atoms with Crippen molar-refractivity contribution in [3.05, 3.63) is 29.3 Å². The molecule has 0 radical (unpaired) electrons. The van der Waals surface area contributed by atoms with E-state index in [1.807, 2.05) is 6.92 Å². The van der Waals surface area contributed by atoms with Gasteiger partial charge in [0, 0.05) is 0 Å². The van der Waals surface area contributed by atoms with Gasteiger partial charge in [-0.2, -0.15) is 0 Å². The van der Waals surface area contributed by atoms with E-state index in [2.05, 4.69) is 0 Å². The van der Waals surface area contributed by atoms with E-state index in [-0.39, 0.29) is 10.5 Å². The highest BCUT2D eigenvalue weighted by molar-refractivity contribution is 7.79. The third-order valence-corrected chi connectivity index (χ3v) is 2.55. The second-order valence-corrected chi connectivity index (χ2v) is 3.70. The first-order valence-corrected chi connectivity index (χ1v) is 5.14. The minimum Gasteiger partial charge on any atom is -0.478 e. The molecule has 1 unspecified atom stereocenters. The SMILES string of the molecule is CCc1ccc(S(=O)O)cc1C(=O)O. The van der Waals surface area contributed by atoms with Gasteiger partial charge in [0.1, 0.15) is 0 Å². The van der Waals surface area contributed by atoms with Crippen molar-refractivity contribution >= 4 is 17.0 Å². The molecular weight excluding hydrogens is 204 g/mol. The van der Waals surface area contributed by atoms with Crippen molar-refractivity contribution < 1.29 is 18.7 Å². The number of aryl methyl sites for hydroxylation is 1. The van der Waals surface area contributed by atoms with Crippen LogP contribution in [0.1, 0.15) is 22.8 Å². The Hall–Kier alpha value is -1.20. The van der Waals surface area contributed by atoms with Crippen molar-refractivity contribution in [1.82, 2.24) is 0 Å². The number of carboxylic acids is 1. The van der Waals surface area contributed by atoms with Gasteiger partial charge in [-0.1, -0.05) is 13.0 Å². The number of carboxylic acid groups (broad SMARTS) is 1. The standard InChI is InChI=1S/C9H10O4S/c1-2-6-3-4-7(14(12)13)5-8(6)9(10)11/h3-5H,2H2,1H3,(H,10,11)(H,12,13). The van der Waals surface area contributed by atoms with Crippen LogP contribution in [-0.4, -0.2) is 19.8 Å². The van der Waals surface area contributed by atoms with Gasteiger partial charge in [0.05, 0.1) is 10.5 Å². The largest absolute Gasteiger partial charge is 0.478 e. The van der Waals surface area contributed by atoms with E-state index in [0.29, 0.717) is 12.0 Å².